The summed E-state index contributed by atoms with van der Waals surface area (Å²) in [5.74, 6) is 0.598. The Balaban J connectivity index is 2.38. The van der Waals surface area contributed by atoms with Crippen LogP contribution in [0.5, 0.6) is 5.75 Å². The van der Waals surface area contributed by atoms with Crippen LogP contribution >= 0.6 is 0 Å². The zero-order valence-electron chi connectivity index (χ0n) is 8.92. The minimum Gasteiger partial charge on any atom is -0.494 e. The van der Waals surface area contributed by atoms with E-state index in [9.17, 15) is 9.93 Å². The predicted molar refractivity (Wildman–Crippen MR) is 59.7 cm³/mol. The molecule has 0 saturated heterocycles. The van der Waals surface area contributed by atoms with Crippen LogP contribution in [-0.4, -0.2) is 25.3 Å². The van der Waals surface area contributed by atoms with E-state index in [4.69, 9.17) is 9.39 Å². The van der Waals surface area contributed by atoms with Gasteiger partial charge in [0.2, 0.25) is 0 Å². The third-order valence-corrected chi connectivity index (χ3v) is 2.53. The molecule has 0 saturated carbocycles. The summed E-state index contributed by atoms with van der Waals surface area (Å²) in [6, 6.07) is 5.39. The first-order chi connectivity index (χ1) is 7.77. The van der Waals surface area contributed by atoms with Gasteiger partial charge >= 0.3 is 7.12 Å². The van der Waals surface area contributed by atoms with Gasteiger partial charge in [-0.2, -0.15) is 4.91 Å². The van der Waals surface area contributed by atoms with Crippen LogP contribution < -0.4 is 10.2 Å². The summed E-state index contributed by atoms with van der Waals surface area (Å²) in [6.07, 6.45) is -0.470. The summed E-state index contributed by atoms with van der Waals surface area (Å²) in [6.45, 7) is 2.38. The minimum atomic E-state index is -1.04. The van der Waals surface area contributed by atoms with Crippen molar-refractivity contribution in [1.82, 2.24) is 0 Å². The van der Waals surface area contributed by atoms with E-state index in [1.54, 1.807) is 6.07 Å². The van der Waals surface area contributed by atoms with Gasteiger partial charge in [-0.3, -0.25) is 0 Å². The lowest BCUT2D eigenvalue weighted by atomic mass is 9.78. The second-order valence-electron chi connectivity index (χ2n) is 3.48. The van der Waals surface area contributed by atoms with Gasteiger partial charge < -0.3 is 14.4 Å². The molecular formula is C10H12BNO4. The number of nitroso groups, excluding NO2 is 1. The van der Waals surface area contributed by atoms with E-state index >= 15 is 0 Å². The van der Waals surface area contributed by atoms with Gasteiger partial charge in [-0.1, -0.05) is 17.3 Å². The van der Waals surface area contributed by atoms with Crippen LogP contribution in [0.25, 0.3) is 0 Å². The molecule has 84 valence electrons. The van der Waals surface area contributed by atoms with Crippen molar-refractivity contribution < 1.29 is 14.4 Å². The van der Waals surface area contributed by atoms with Gasteiger partial charge in [-0.25, -0.2) is 0 Å². The molecule has 1 atom stereocenters. The van der Waals surface area contributed by atoms with Crippen molar-refractivity contribution in [2.45, 2.75) is 13.0 Å². The second kappa shape index (κ2) is 4.63. The Morgan fingerprint density at radius 3 is 3.12 bits per heavy atom. The highest BCUT2D eigenvalue weighted by molar-refractivity contribution is 6.62. The summed E-state index contributed by atoms with van der Waals surface area (Å²) in [4.78, 5) is 10.2. The number of benzene rings is 1. The van der Waals surface area contributed by atoms with Crippen molar-refractivity contribution in [1.29, 1.82) is 0 Å². The van der Waals surface area contributed by atoms with Crippen LogP contribution in [-0.2, 0) is 4.65 Å². The molecule has 0 amide bonds. The minimum absolute atomic E-state index is 0.000359. The Morgan fingerprint density at radius 1 is 1.62 bits per heavy atom. The maximum atomic E-state index is 10.2. The second-order valence-corrected chi connectivity index (χ2v) is 3.48. The normalized spacial score (nSPS) is 18.4. The average Bonchev–Trinajstić information content (AvgIpc) is 2.58. The molecule has 0 aliphatic carbocycles. The van der Waals surface area contributed by atoms with Gasteiger partial charge in [0, 0.05) is 5.46 Å². The van der Waals surface area contributed by atoms with Crippen molar-refractivity contribution in [3.05, 3.63) is 28.7 Å². The molecule has 1 aromatic carbocycles. The lowest BCUT2D eigenvalue weighted by Crippen LogP contribution is -2.29. The molecule has 5 nitrogen and oxygen atoms in total. The molecule has 0 spiro atoms. The van der Waals surface area contributed by atoms with Gasteiger partial charge in [-0.15, -0.1) is 0 Å². The zero-order chi connectivity index (χ0) is 11.5. The number of nitrogens with zero attached hydrogens (tertiary/aromatic N) is 1. The first-order valence-corrected chi connectivity index (χ1v) is 5.16. The van der Waals surface area contributed by atoms with Crippen molar-refractivity contribution in [3.63, 3.8) is 0 Å². The molecule has 1 heterocycles. The van der Waals surface area contributed by atoms with Crippen molar-refractivity contribution in [3.8, 4) is 5.75 Å². The third kappa shape index (κ3) is 1.81. The molecule has 1 aromatic rings. The Morgan fingerprint density at radius 2 is 2.44 bits per heavy atom. The number of rotatable bonds is 4. The standard InChI is InChI=1S/C10H12BNO4/c1-2-15-8-5-3-4-7-9(6-12-14)16-11(13)10(7)8/h3-5,9,13H,2,6H2,1H3. The van der Waals surface area contributed by atoms with E-state index in [-0.39, 0.29) is 6.54 Å². The van der Waals surface area contributed by atoms with E-state index in [1.165, 1.54) is 0 Å². The largest absolute Gasteiger partial charge is 0.495 e. The van der Waals surface area contributed by atoms with E-state index < -0.39 is 13.2 Å². The van der Waals surface area contributed by atoms with E-state index in [2.05, 4.69) is 5.18 Å². The maximum Gasteiger partial charge on any atom is 0.495 e. The predicted octanol–water partition coefficient (Wildman–Crippen LogP) is 0.610. The van der Waals surface area contributed by atoms with Crippen LogP contribution in [0.15, 0.2) is 23.4 Å². The zero-order valence-corrected chi connectivity index (χ0v) is 8.92. The van der Waals surface area contributed by atoms with Gasteiger partial charge in [0.1, 0.15) is 12.3 Å². The Hall–Kier alpha value is -1.40. The quantitative estimate of drug-likeness (QED) is 0.597. The summed E-state index contributed by atoms with van der Waals surface area (Å²) < 4.78 is 10.6. The van der Waals surface area contributed by atoms with Crippen molar-refractivity contribution in [2.75, 3.05) is 13.2 Å². The molecule has 0 radical (unpaired) electrons. The number of ether oxygens (including phenoxy) is 1. The van der Waals surface area contributed by atoms with Gasteiger partial charge in [-0.05, 0) is 18.6 Å². The fourth-order valence-corrected chi connectivity index (χ4v) is 1.89. The van der Waals surface area contributed by atoms with Gasteiger partial charge in [0.05, 0.1) is 12.7 Å². The van der Waals surface area contributed by atoms with Gasteiger partial charge in [0.15, 0.2) is 0 Å². The number of fused-ring (bicyclic) bond motifs is 1. The molecule has 0 aromatic heterocycles. The Bertz CT molecular complexity index is 398. The van der Waals surface area contributed by atoms with Crippen molar-refractivity contribution >= 4 is 12.6 Å². The third-order valence-electron chi connectivity index (χ3n) is 2.53. The fourth-order valence-electron chi connectivity index (χ4n) is 1.89. The topological polar surface area (TPSA) is 68.1 Å². The molecule has 0 fully saturated rings. The molecule has 1 N–H and O–H groups in total. The molecular weight excluding hydrogens is 209 g/mol. The highest BCUT2D eigenvalue weighted by atomic mass is 16.5. The summed E-state index contributed by atoms with van der Waals surface area (Å²) >= 11 is 0. The Kier molecular flexibility index (Phi) is 3.21. The van der Waals surface area contributed by atoms with Crippen LogP contribution in [0.2, 0.25) is 0 Å². The van der Waals surface area contributed by atoms with Crippen LogP contribution in [0.3, 0.4) is 0 Å². The van der Waals surface area contributed by atoms with Gasteiger partial charge in [0.25, 0.3) is 0 Å². The molecule has 6 heteroatoms. The molecule has 1 aliphatic heterocycles. The summed E-state index contributed by atoms with van der Waals surface area (Å²) in [5.41, 5.74) is 1.39. The number of hydrogen-bond acceptors (Lipinski definition) is 5. The fraction of sp³-hybridized carbons (Fsp3) is 0.400. The lowest BCUT2D eigenvalue weighted by Gasteiger charge is -2.09. The molecule has 1 unspecified atom stereocenters. The van der Waals surface area contributed by atoms with Crippen molar-refractivity contribution in [2.24, 2.45) is 5.18 Å². The molecule has 1 aliphatic rings. The van der Waals surface area contributed by atoms with E-state index in [0.717, 1.165) is 5.56 Å². The molecule has 16 heavy (non-hydrogen) atoms. The average molecular weight is 221 g/mol. The van der Waals surface area contributed by atoms with Crippen LogP contribution in [0.4, 0.5) is 0 Å². The monoisotopic (exact) mass is 221 g/mol. The Labute approximate surface area is 93.5 Å². The molecule has 0 bridgehead atoms. The number of hydrogen-bond donors (Lipinski definition) is 1. The van der Waals surface area contributed by atoms with E-state index in [1.807, 2.05) is 19.1 Å². The molecule has 2 rings (SSSR count). The summed E-state index contributed by atoms with van der Waals surface area (Å²) in [5, 5.41) is 12.5. The van der Waals surface area contributed by atoms with Crippen LogP contribution in [0.1, 0.15) is 18.6 Å². The van der Waals surface area contributed by atoms with E-state index in [0.29, 0.717) is 17.8 Å². The lowest BCUT2D eigenvalue weighted by molar-refractivity contribution is 0.198. The first-order valence-electron chi connectivity index (χ1n) is 5.16. The summed E-state index contributed by atoms with van der Waals surface area (Å²) in [7, 11) is -1.04. The SMILES string of the molecule is CCOc1cccc2c1B(O)OC2CN=O. The smallest absolute Gasteiger partial charge is 0.494 e. The maximum absolute atomic E-state index is 10.2. The highest BCUT2D eigenvalue weighted by Crippen LogP contribution is 2.27. The van der Waals surface area contributed by atoms with Crippen LogP contribution in [0, 0.1) is 4.91 Å². The first kappa shape index (κ1) is 11.1. The highest BCUT2D eigenvalue weighted by Gasteiger charge is 2.37.